The minimum atomic E-state index is 0. The Balaban J connectivity index is 0.00000243. The van der Waals surface area contributed by atoms with E-state index in [2.05, 4.69) is 39.4 Å². The summed E-state index contributed by atoms with van der Waals surface area (Å²) >= 11 is 7.97. The van der Waals surface area contributed by atoms with E-state index in [0.717, 1.165) is 36.8 Å². The molecule has 0 saturated carbocycles. The Kier molecular flexibility index (Phi) is 8.80. The zero-order chi connectivity index (χ0) is 17.5. The Morgan fingerprint density at radius 3 is 2.85 bits per heavy atom. The topological polar surface area (TPSA) is 54.9 Å². The summed E-state index contributed by atoms with van der Waals surface area (Å²) in [4.78, 5) is 4.61. The predicted molar refractivity (Wildman–Crippen MR) is 119 cm³/mol. The summed E-state index contributed by atoms with van der Waals surface area (Å²) < 4.78 is 11.2. The summed E-state index contributed by atoms with van der Waals surface area (Å²) in [6.07, 6.45) is 0.819. The second-order valence-electron chi connectivity index (χ2n) is 5.61. The molecule has 0 fully saturated rings. The third-order valence-electron chi connectivity index (χ3n) is 3.71. The number of hydrogen-bond donors (Lipinski definition) is 2. The Hall–Kier alpha value is -1.19. The third-order valence-corrected chi connectivity index (χ3v) is 4.72. The first-order chi connectivity index (χ1) is 12.3. The molecule has 0 atom stereocenters. The number of aliphatic imine (C=N–C) groups is 1. The number of halogens is 2. The van der Waals surface area contributed by atoms with Crippen molar-refractivity contribution in [2.75, 3.05) is 26.3 Å². The average Bonchev–Trinajstić information content (AvgIpc) is 3.13. The van der Waals surface area contributed by atoms with E-state index in [0.29, 0.717) is 30.5 Å². The quantitative estimate of drug-likeness (QED) is 0.351. The molecule has 2 aromatic rings. The van der Waals surface area contributed by atoms with Crippen LogP contribution in [0.25, 0.3) is 0 Å². The van der Waals surface area contributed by atoms with Crippen LogP contribution in [0.4, 0.5) is 0 Å². The van der Waals surface area contributed by atoms with Gasteiger partial charge in [-0.2, -0.15) is 11.3 Å². The molecule has 0 amide bonds. The molecule has 1 aliphatic heterocycles. The first-order valence-electron chi connectivity index (χ1n) is 8.37. The van der Waals surface area contributed by atoms with Gasteiger partial charge in [0.05, 0.1) is 11.6 Å². The van der Waals surface area contributed by atoms with E-state index < -0.39 is 0 Å². The van der Waals surface area contributed by atoms with E-state index in [1.165, 1.54) is 5.56 Å². The molecule has 26 heavy (non-hydrogen) atoms. The highest BCUT2D eigenvalue weighted by molar-refractivity contribution is 14.0. The van der Waals surface area contributed by atoms with Crippen LogP contribution in [0.15, 0.2) is 34.0 Å². The van der Waals surface area contributed by atoms with E-state index >= 15 is 0 Å². The normalized spacial score (nSPS) is 13.1. The summed E-state index contributed by atoms with van der Waals surface area (Å²) in [5.74, 6) is 2.19. The third kappa shape index (κ3) is 5.92. The molecule has 2 heterocycles. The number of guanidine groups is 1. The van der Waals surface area contributed by atoms with Crippen molar-refractivity contribution in [2.24, 2.45) is 4.99 Å². The van der Waals surface area contributed by atoms with Gasteiger partial charge < -0.3 is 20.1 Å². The first-order valence-corrected chi connectivity index (χ1v) is 9.69. The fourth-order valence-electron chi connectivity index (χ4n) is 2.53. The monoisotopic (exact) mass is 507 g/mol. The van der Waals surface area contributed by atoms with Crippen LogP contribution < -0.4 is 20.1 Å². The Morgan fingerprint density at radius 2 is 2.08 bits per heavy atom. The van der Waals surface area contributed by atoms with Crippen molar-refractivity contribution in [2.45, 2.75) is 19.9 Å². The molecule has 3 rings (SSSR count). The molecular formula is C18H23ClIN3O2S. The second kappa shape index (κ2) is 10.8. The van der Waals surface area contributed by atoms with Crippen LogP contribution in [0.5, 0.6) is 11.5 Å². The first kappa shape index (κ1) is 21.1. The van der Waals surface area contributed by atoms with Crippen molar-refractivity contribution in [1.82, 2.24) is 10.6 Å². The van der Waals surface area contributed by atoms with Crippen molar-refractivity contribution in [3.8, 4) is 11.5 Å². The van der Waals surface area contributed by atoms with Crippen molar-refractivity contribution >= 4 is 52.9 Å². The number of fused-ring (bicyclic) bond motifs is 1. The van der Waals surface area contributed by atoms with Gasteiger partial charge in [-0.1, -0.05) is 11.6 Å². The minimum Gasteiger partial charge on any atom is -0.486 e. The zero-order valence-corrected chi connectivity index (χ0v) is 18.5. The largest absolute Gasteiger partial charge is 0.486 e. The van der Waals surface area contributed by atoms with Crippen LogP contribution in [0.1, 0.15) is 18.1 Å². The zero-order valence-electron chi connectivity index (χ0n) is 14.6. The standard InChI is InChI=1S/C18H22ClN3O2S.HI/c1-2-20-18(22-11-14-4-8-25-12-14)21-5-3-13-9-15(19)17-16(10-13)23-6-7-24-17;/h4,8-10,12H,2-3,5-7,11H2,1H3,(H2,20,21,22);1H. The van der Waals surface area contributed by atoms with E-state index in [1.807, 2.05) is 12.1 Å². The molecule has 0 aliphatic carbocycles. The lowest BCUT2D eigenvalue weighted by Crippen LogP contribution is -2.38. The number of ether oxygens (including phenoxy) is 2. The number of rotatable bonds is 6. The van der Waals surface area contributed by atoms with E-state index in [-0.39, 0.29) is 24.0 Å². The summed E-state index contributed by atoms with van der Waals surface area (Å²) in [6, 6.07) is 6.03. The van der Waals surface area contributed by atoms with Gasteiger partial charge in [0.2, 0.25) is 0 Å². The van der Waals surface area contributed by atoms with Crippen LogP contribution in [0.2, 0.25) is 5.02 Å². The minimum absolute atomic E-state index is 0. The molecule has 8 heteroatoms. The molecule has 0 saturated heterocycles. The lowest BCUT2D eigenvalue weighted by molar-refractivity contribution is 0.171. The van der Waals surface area contributed by atoms with Gasteiger partial charge in [-0.25, -0.2) is 4.99 Å². The van der Waals surface area contributed by atoms with Crippen molar-refractivity contribution in [1.29, 1.82) is 0 Å². The van der Waals surface area contributed by atoms with Crippen LogP contribution >= 0.6 is 46.9 Å². The average molecular weight is 508 g/mol. The highest BCUT2D eigenvalue weighted by Gasteiger charge is 2.16. The van der Waals surface area contributed by atoms with Crippen molar-refractivity contribution in [3.63, 3.8) is 0 Å². The number of thiophene rings is 1. The maximum absolute atomic E-state index is 6.28. The smallest absolute Gasteiger partial charge is 0.191 e. The van der Waals surface area contributed by atoms with Crippen LogP contribution in [-0.2, 0) is 13.0 Å². The van der Waals surface area contributed by atoms with Gasteiger partial charge in [-0.15, -0.1) is 24.0 Å². The van der Waals surface area contributed by atoms with Crippen LogP contribution in [-0.4, -0.2) is 32.3 Å². The maximum Gasteiger partial charge on any atom is 0.191 e. The van der Waals surface area contributed by atoms with Crippen LogP contribution in [0, 0.1) is 0 Å². The number of benzene rings is 1. The van der Waals surface area contributed by atoms with Gasteiger partial charge in [-0.05, 0) is 53.4 Å². The van der Waals surface area contributed by atoms with Gasteiger partial charge in [0, 0.05) is 13.1 Å². The molecule has 1 aromatic carbocycles. The molecule has 142 valence electrons. The van der Waals surface area contributed by atoms with E-state index in [4.69, 9.17) is 21.1 Å². The molecule has 0 unspecified atom stereocenters. The molecule has 0 radical (unpaired) electrons. The number of nitrogens with zero attached hydrogens (tertiary/aromatic N) is 1. The summed E-state index contributed by atoms with van der Waals surface area (Å²) in [5.41, 5.74) is 2.33. The Morgan fingerprint density at radius 1 is 1.23 bits per heavy atom. The molecule has 5 nitrogen and oxygen atoms in total. The maximum atomic E-state index is 6.28. The van der Waals surface area contributed by atoms with Gasteiger partial charge in [-0.3, -0.25) is 0 Å². The molecule has 0 spiro atoms. The lowest BCUT2D eigenvalue weighted by atomic mass is 10.1. The summed E-state index contributed by atoms with van der Waals surface area (Å²) in [6.45, 7) is 5.42. The SMILES string of the molecule is CCNC(=NCc1ccsc1)NCCc1cc(Cl)c2c(c1)OCCO2.I. The highest BCUT2D eigenvalue weighted by Crippen LogP contribution is 2.38. The van der Waals surface area contributed by atoms with Crippen molar-refractivity contribution < 1.29 is 9.47 Å². The molecule has 2 N–H and O–H groups in total. The Bertz CT molecular complexity index is 725. The van der Waals surface area contributed by atoms with Gasteiger partial charge in [0.25, 0.3) is 0 Å². The fraction of sp³-hybridized carbons (Fsp3) is 0.389. The highest BCUT2D eigenvalue weighted by atomic mass is 127. The predicted octanol–water partition coefficient (Wildman–Crippen LogP) is 4.09. The summed E-state index contributed by atoms with van der Waals surface area (Å²) in [5, 5.41) is 11.4. The number of nitrogens with one attached hydrogen (secondary N) is 2. The van der Waals surface area contributed by atoms with E-state index in [1.54, 1.807) is 11.3 Å². The van der Waals surface area contributed by atoms with Gasteiger partial charge in [0.15, 0.2) is 17.5 Å². The molecule has 1 aliphatic rings. The fourth-order valence-corrected chi connectivity index (χ4v) is 3.48. The van der Waals surface area contributed by atoms with Crippen LogP contribution in [0.3, 0.4) is 0 Å². The number of hydrogen-bond acceptors (Lipinski definition) is 4. The van der Waals surface area contributed by atoms with Crippen molar-refractivity contribution in [3.05, 3.63) is 45.1 Å². The molecular weight excluding hydrogens is 485 g/mol. The van der Waals surface area contributed by atoms with Gasteiger partial charge >= 0.3 is 0 Å². The summed E-state index contributed by atoms with van der Waals surface area (Å²) in [7, 11) is 0. The van der Waals surface area contributed by atoms with E-state index in [9.17, 15) is 0 Å². The van der Waals surface area contributed by atoms with Gasteiger partial charge in [0.1, 0.15) is 13.2 Å². The Labute approximate surface area is 180 Å². The molecule has 1 aromatic heterocycles. The second-order valence-corrected chi connectivity index (χ2v) is 6.79. The molecule has 0 bridgehead atoms. The lowest BCUT2D eigenvalue weighted by Gasteiger charge is -2.20.